The second-order valence-corrected chi connectivity index (χ2v) is 8.04. The number of nitrogens with zero attached hydrogens (tertiary/aromatic N) is 2. The Morgan fingerprint density at radius 1 is 1.15 bits per heavy atom. The topological polar surface area (TPSA) is 49.9 Å². The maximum Gasteiger partial charge on any atom is 0.410 e. The molecule has 0 aliphatic carbocycles. The molecule has 0 spiro atoms. The highest BCUT2D eigenvalue weighted by Gasteiger charge is 2.29. The van der Waals surface area contributed by atoms with Gasteiger partial charge in [0.15, 0.2) is 0 Å². The van der Waals surface area contributed by atoms with Crippen molar-refractivity contribution in [1.29, 1.82) is 0 Å². The van der Waals surface area contributed by atoms with Gasteiger partial charge < -0.3 is 14.5 Å². The lowest BCUT2D eigenvalue weighted by atomic mass is 10.0. The predicted octanol–water partition coefficient (Wildman–Crippen LogP) is 3.87. The molecule has 5 heteroatoms. The lowest BCUT2D eigenvalue weighted by molar-refractivity contribution is -0.132. The summed E-state index contributed by atoms with van der Waals surface area (Å²) in [7, 11) is 1.89. The number of piperidine rings is 1. The van der Waals surface area contributed by atoms with Crippen LogP contribution in [-0.4, -0.2) is 53.6 Å². The highest BCUT2D eigenvalue weighted by molar-refractivity contribution is 5.76. The van der Waals surface area contributed by atoms with Gasteiger partial charge in [-0.3, -0.25) is 4.79 Å². The summed E-state index contributed by atoms with van der Waals surface area (Å²) in [5.41, 5.74) is 0.799. The average Bonchev–Trinajstić information content (AvgIpc) is 2.60. The van der Waals surface area contributed by atoms with Crippen LogP contribution in [0.4, 0.5) is 4.79 Å². The monoisotopic (exact) mass is 360 g/mol. The molecule has 1 heterocycles. The Morgan fingerprint density at radius 2 is 1.77 bits per heavy atom. The van der Waals surface area contributed by atoms with Crippen molar-refractivity contribution < 1.29 is 14.3 Å². The summed E-state index contributed by atoms with van der Waals surface area (Å²) in [6.07, 6.45) is 3.72. The lowest BCUT2D eigenvalue weighted by Crippen LogP contribution is -2.48. The molecule has 1 aromatic carbocycles. The number of likely N-dealkylation sites (tertiary alicyclic amines) is 1. The minimum Gasteiger partial charge on any atom is -0.444 e. The zero-order chi connectivity index (χ0) is 19.2. The maximum atomic E-state index is 12.5. The van der Waals surface area contributed by atoms with Gasteiger partial charge in [0, 0.05) is 32.6 Å². The number of ether oxygens (including phenoxy) is 1. The molecular formula is C21H32N2O3. The molecule has 1 aliphatic rings. The van der Waals surface area contributed by atoms with Crippen LogP contribution in [0.15, 0.2) is 30.3 Å². The standard InChI is InChI=1S/C21H32N2O3/c1-21(2,3)26-20(25)23-15-13-18(14-16-23)22(4)19(24)12-8-11-17-9-6-5-7-10-17/h5-7,9-10,18H,8,11-16H2,1-4H3. The van der Waals surface area contributed by atoms with Gasteiger partial charge in [-0.2, -0.15) is 0 Å². The Labute approximate surface area is 157 Å². The van der Waals surface area contributed by atoms with Gasteiger partial charge >= 0.3 is 6.09 Å². The van der Waals surface area contributed by atoms with Crippen LogP contribution in [0, 0.1) is 0 Å². The number of benzene rings is 1. The first kappa shape index (κ1) is 20.3. The van der Waals surface area contributed by atoms with Crippen LogP contribution in [0.1, 0.15) is 52.0 Å². The van der Waals surface area contributed by atoms with E-state index in [1.165, 1.54) is 5.56 Å². The van der Waals surface area contributed by atoms with Gasteiger partial charge in [0.25, 0.3) is 0 Å². The fraction of sp³-hybridized carbons (Fsp3) is 0.619. The third kappa shape index (κ3) is 6.36. The van der Waals surface area contributed by atoms with E-state index in [1.807, 2.05) is 50.9 Å². The average molecular weight is 360 g/mol. The van der Waals surface area contributed by atoms with Gasteiger partial charge in [-0.1, -0.05) is 30.3 Å². The number of carbonyl (C=O) groups is 2. The molecule has 0 bridgehead atoms. The summed E-state index contributed by atoms with van der Waals surface area (Å²) in [6, 6.07) is 10.5. The zero-order valence-corrected chi connectivity index (χ0v) is 16.5. The van der Waals surface area contributed by atoms with Crippen molar-refractivity contribution in [3.8, 4) is 0 Å². The largest absolute Gasteiger partial charge is 0.444 e. The molecule has 1 fully saturated rings. The first-order chi connectivity index (χ1) is 12.3. The quantitative estimate of drug-likeness (QED) is 0.801. The second kappa shape index (κ2) is 9.06. The Morgan fingerprint density at radius 3 is 2.35 bits per heavy atom. The predicted molar refractivity (Wildman–Crippen MR) is 103 cm³/mol. The number of carbonyl (C=O) groups excluding carboxylic acids is 2. The van der Waals surface area contributed by atoms with Crippen molar-refractivity contribution in [2.24, 2.45) is 0 Å². The summed E-state index contributed by atoms with van der Waals surface area (Å²) >= 11 is 0. The summed E-state index contributed by atoms with van der Waals surface area (Å²) < 4.78 is 5.42. The van der Waals surface area contributed by atoms with Gasteiger partial charge in [0.2, 0.25) is 5.91 Å². The molecule has 1 aliphatic heterocycles. The molecule has 0 N–H and O–H groups in total. The summed E-state index contributed by atoms with van der Waals surface area (Å²) in [4.78, 5) is 28.2. The van der Waals surface area contributed by atoms with Crippen LogP contribution >= 0.6 is 0 Å². The minimum atomic E-state index is -0.473. The van der Waals surface area contributed by atoms with Crippen LogP contribution in [-0.2, 0) is 16.0 Å². The SMILES string of the molecule is CN(C(=O)CCCc1ccccc1)C1CCN(C(=O)OC(C)(C)C)CC1. The fourth-order valence-corrected chi connectivity index (χ4v) is 3.23. The minimum absolute atomic E-state index is 0.191. The third-order valence-corrected chi connectivity index (χ3v) is 4.76. The van der Waals surface area contributed by atoms with E-state index in [0.717, 1.165) is 25.7 Å². The number of rotatable bonds is 5. The molecule has 0 saturated carbocycles. The molecule has 144 valence electrons. The van der Waals surface area contributed by atoms with Crippen molar-refractivity contribution in [2.45, 2.75) is 64.5 Å². The molecule has 0 aromatic heterocycles. The Balaban J connectivity index is 1.72. The molecule has 0 unspecified atom stereocenters. The van der Waals surface area contributed by atoms with Gasteiger partial charge in [0.05, 0.1) is 0 Å². The normalized spacial score (nSPS) is 15.6. The van der Waals surface area contributed by atoms with Crippen molar-refractivity contribution in [3.63, 3.8) is 0 Å². The van der Waals surface area contributed by atoms with Crippen LogP contribution in [0.25, 0.3) is 0 Å². The second-order valence-electron chi connectivity index (χ2n) is 8.04. The first-order valence-electron chi connectivity index (χ1n) is 9.54. The summed E-state index contributed by atoms with van der Waals surface area (Å²) in [6.45, 7) is 6.90. The van der Waals surface area contributed by atoms with E-state index >= 15 is 0 Å². The van der Waals surface area contributed by atoms with Crippen LogP contribution in [0.2, 0.25) is 0 Å². The molecule has 2 amide bonds. The van der Waals surface area contributed by atoms with Gasteiger partial charge in [-0.15, -0.1) is 0 Å². The Bertz CT molecular complexity index is 587. The Hall–Kier alpha value is -2.04. The van der Waals surface area contributed by atoms with Crippen molar-refractivity contribution in [3.05, 3.63) is 35.9 Å². The first-order valence-corrected chi connectivity index (χ1v) is 9.54. The number of aryl methyl sites for hydroxylation is 1. The summed E-state index contributed by atoms with van der Waals surface area (Å²) in [5.74, 6) is 0.191. The molecule has 1 aromatic rings. The molecule has 5 nitrogen and oxygen atoms in total. The van der Waals surface area contributed by atoms with Gasteiger partial charge in [0.1, 0.15) is 5.60 Å². The molecule has 1 saturated heterocycles. The fourth-order valence-electron chi connectivity index (χ4n) is 3.23. The highest BCUT2D eigenvalue weighted by Crippen LogP contribution is 2.19. The van der Waals surface area contributed by atoms with Crippen molar-refractivity contribution in [1.82, 2.24) is 9.80 Å². The molecule has 2 rings (SSSR count). The smallest absolute Gasteiger partial charge is 0.410 e. The van der Waals surface area contributed by atoms with E-state index in [4.69, 9.17) is 4.74 Å². The van der Waals surface area contributed by atoms with Crippen molar-refractivity contribution in [2.75, 3.05) is 20.1 Å². The van der Waals surface area contributed by atoms with E-state index in [0.29, 0.717) is 19.5 Å². The van der Waals surface area contributed by atoms with Gasteiger partial charge in [-0.05, 0) is 52.0 Å². The van der Waals surface area contributed by atoms with E-state index in [9.17, 15) is 9.59 Å². The van der Waals surface area contributed by atoms with Crippen LogP contribution in [0.5, 0.6) is 0 Å². The van der Waals surface area contributed by atoms with Crippen LogP contribution < -0.4 is 0 Å². The summed E-state index contributed by atoms with van der Waals surface area (Å²) in [5, 5.41) is 0. The van der Waals surface area contributed by atoms with E-state index in [-0.39, 0.29) is 18.0 Å². The zero-order valence-electron chi connectivity index (χ0n) is 16.5. The van der Waals surface area contributed by atoms with E-state index < -0.39 is 5.60 Å². The van der Waals surface area contributed by atoms with E-state index in [1.54, 1.807) is 4.90 Å². The number of amides is 2. The number of hydrogen-bond donors (Lipinski definition) is 0. The Kier molecular flexibility index (Phi) is 7.06. The van der Waals surface area contributed by atoms with Crippen molar-refractivity contribution >= 4 is 12.0 Å². The number of hydrogen-bond acceptors (Lipinski definition) is 3. The van der Waals surface area contributed by atoms with Gasteiger partial charge in [-0.25, -0.2) is 4.79 Å². The van der Waals surface area contributed by atoms with E-state index in [2.05, 4.69) is 12.1 Å². The molecular weight excluding hydrogens is 328 g/mol. The molecule has 0 atom stereocenters. The molecule has 26 heavy (non-hydrogen) atoms. The lowest BCUT2D eigenvalue weighted by Gasteiger charge is -2.37. The highest BCUT2D eigenvalue weighted by atomic mass is 16.6. The van der Waals surface area contributed by atoms with Crippen LogP contribution in [0.3, 0.4) is 0 Å². The third-order valence-electron chi connectivity index (χ3n) is 4.76. The molecule has 0 radical (unpaired) electrons. The maximum absolute atomic E-state index is 12.5.